The van der Waals surface area contributed by atoms with Crippen LogP contribution >= 0.6 is 0 Å². The fraction of sp³-hybridized carbons (Fsp3) is 0.360. The van der Waals surface area contributed by atoms with Crippen LogP contribution in [-0.4, -0.2) is 72.2 Å². The number of anilines is 1. The van der Waals surface area contributed by atoms with E-state index in [0.717, 1.165) is 0 Å². The molecule has 1 saturated heterocycles. The number of nitrogens with zero attached hydrogens (tertiary/aromatic N) is 4. The molecule has 1 amide bonds. The molecule has 1 aromatic heterocycles. The lowest BCUT2D eigenvalue weighted by atomic mass is 10.3. The first-order valence-electron chi connectivity index (χ1n) is 11.8. The lowest BCUT2D eigenvalue weighted by molar-refractivity contribution is -0.117. The second-order valence-electron chi connectivity index (χ2n) is 8.57. The predicted octanol–water partition coefficient (Wildman–Crippen LogP) is 1.83. The van der Waals surface area contributed by atoms with Crippen molar-refractivity contribution in [3.63, 3.8) is 0 Å². The van der Waals surface area contributed by atoms with Gasteiger partial charge in [-0.1, -0.05) is 18.2 Å². The summed E-state index contributed by atoms with van der Waals surface area (Å²) in [5.74, 6) is 0.306. The molecule has 2 aromatic carbocycles. The molecule has 4 rings (SSSR count). The highest BCUT2D eigenvalue weighted by Crippen LogP contribution is 2.21. The van der Waals surface area contributed by atoms with Gasteiger partial charge in [-0.2, -0.15) is 4.31 Å². The molecule has 2 heterocycles. The van der Waals surface area contributed by atoms with Crippen LogP contribution in [0.1, 0.15) is 12.6 Å². The van der Waals surface area contributed by atoms with Crippen LogP contribution < -0.4 is 15.6 Å². The molecule has 10 nitrogen and oxygen atoms in total. The van der Waals surface area contributed by atoms with Crippen molar-refractivity contribution in [3.8, 4) is 11.4 Å². The summed E-state index contributed by atoms with van der Waals surface area (Å²) in [6.45, 7) is 5.58. The Morgan fingerprint density at radius 1 is 1.00 bits per heavy atom. The van der Waals surface area contributed by atoms with E-state index >= 15 is 0 Å². The fourth-order valence-corrected chi connectivity index (χ4v) is 5.67. The summed E-state index contributed by atoms with van der Waals surface area (Å²) in [4.78, 5) is 27.9. The molecule has 1 N–H and O–H groups in total. The van der Waals surface area contributed by atoms with E-state index in [2.05, 4.69) is 5.32 Å². The first-order valence-corrected chi connectivity index (χ1v) is 13.3. The number of hydrogen-bond acceptors (Lipinski definition) is 6. The van der Waals surface area contributed by atoms with Crippen LogP contribution in [0.5, 0.6) is 5.75 Å². The van der Waals surface area contributed by atoms with Gasteiger partial charge in [0.2, 0.25) is 15.9 Å². The average Bonchev–Trinajstić information content (AvgIpc) is 3.08. The third kappa shape index (κ3) is 5.23. The Morgan fingerprint density at radius 2 is 1.64 bits per heavy atom. The minimum Gasteiger partial charge on any atom is -0.494 e. The van der Waals surface area contributed by atoms with Gasteiger partial charge >= 0.3 is 0 Å². The normalized spacial score (nSPS) is 15.1. The quantitative estimate of drug-likeness (QED) is 0.493. The van der Waals surface area contributed by atoms with E-state index in [0.29, 0.717) is 36.8 Å². The second kappa shape index (κ2) is 10.7. The van der Waals surface area contributed by atoms with Gasteiger partial charge in [0.15, 0.2) is 0 Å². The van der Waals surface area contributed by atoms with E-state index in [1.807, 2.05) is 42.2 Å². The molecular formula is C25H31N5O5S. The molecule has 0 saturated carbocycles. The number of carbonyl (C=O) groups is 1. The van der Waals surface area contributed by atoms with Gasteiger partial charge in [-0.3, -0.25) is 19.2 Å². The smallest absolute Gasteiger partial charge is 0.295 e. The second-order valence-corrected chi connectivity index (χ2v) is 10.5. The summed E-state index contributed by atoms with van der Waals surface area (Å²) in [7, 11) is -1.86. The largest absolute Gasteiger partial charge is 0.494 e. The van der Waals surface area contributed by atoms with E-state index in [1.165, 1.54) is 8.99 Å². The van der Waals surface area contributed by atoms with Crippen molar-refractivity contribution in [2.45, 2.75) is 18.7 Å². The Bertz CT molecular complexity index is 1370. The van der Waals surface area contributed by atoms with Crippen LogP contribution in [-0.2, 0) is 21.9 Å². The number of hydrogen-bond donors (Lipinski definition) is 1. The highest BCUT2D eigenvalue weighted by Gasteiger charge is 2.29. The molecule has 0 radical (unpaired) electrons. The van der Waals surface area contributed by atoms with E-state index in [1.54, 1.807) is 42.9 Å². The van der Waals surface area contributed by atoms with Crippen molar-refractivity contribution >= 4 is 21.6 Å². The van der Waals surface area contributed by atoms with Gasteiger partial charge in [0.05, 0.1) is 29.4 Å². The summed E-state index contributed by atoms with van der Waals surface area (Å²) in [6.07, 6.45) is 0. The van der Waals surface area contributed by atoms with Gasteiger partial charge in [-0.15, -0.1) is 0 Å². The number of nitrogens with one attached hydrogen (secondary N) is 1. The van der Waals surface area contributed by atoms with E-state index in [4.69, 9.17) is 4.74 Å². The zero-order valence-electron chi connectivity index (χ0n) is 20.7. The van der Waals surface area contributed by atoms with Crippen molar-refractivity contribution in [2.75, 3.05) is 44.6 Å². The lowest BCUT2D eigenvalue weighted by Gasteiger charge is -2.33. The number of amides is 1. The maximum absolute atomic E-state index is 13.0. The molecule has 1 aliphatic rings. The maximum atomic E-state index is 13.0. The number of sulfonamides is 1. The van der Waals surface area contributed by atoms with Gasteiger partial charge in [0, 0.05) is 33.2 Å². The number of piperazine rings is 1. The van der Waals surface area contributed by atoms with Crippen LogP contribution in [0.2, 0.25) is 0 Å². The average molecular weight is 514 g/mol. The van der Waals surface area contributed by atoms with Gasteiger partial charge in [-0.25, -0.2) is 13.1 Å². The molecular weight excluding hydrogens is 482 g/mol. The molecule has 0 aliphatic carbocycles. The molecule has 36 heavy (non-hydrogen) atoms. The van der Waals surface area contributed by atoms with Crippen molar-refractivity contribution in [3.05, 3.63) is 70.6 Å². The minimum absolute atomic E-state index is 0.0655. The third-order valence-electron chi connectivity index (χ3n) is 6.29. The Labute approximate surface area is 210 Å². The number of ether oxygens (including phenoxy) is 1. The lowest BCUT2D eigenvalue weighted by Crippen LogP contribution is -2.50. The molecule has 1 aliphatic heterocycles. The van der Waals surface area contributed by atoms with E-state index < -0.39 is 10.0 Å². The first kappa shape index (κ1) is 25.7. The Kier molecular flexibility index (Phi) is 7.62. The summed E-state index contributed by atoms with van der Waals surface area (Å²) in [6, 6.07) is 15.6. The molecule has 192 valence electrons. The van der Waals surface area contributed by atoms with Gasteiger partial charge in [-0.05, 0) is 50.2 Å². The molecule has 0 spiro atoms. The Morgan fingerprint density at radius 3 is 2.25 bits per heavy atom. The van der Waals surface area contributed by atoms with Gasteiger partial charge in [0.1, 0.15) is 11.4 Å². The fourth-order valence-electron chi connectivity index (χ4n) is 4.25. The van der Waals surface area contributed by atoms with E-state index in [9.17, 15) is 18.0 Å². The van der Waals surface area contributed by atoms with Crippen LogP contribution in [0.3, 0.4) is 0 Å². The highest BCUT2D eigenvalue weighted by molar-refractivity contribution is 7.89. The Balaban J connectivity index is 1.37. The SMILES string of the molecule is CCOc1ccc(S(=O)(=O)N2CCN(CC(=O)Nc3c(C)n(C)n(-c4ccccc4)c3=O)CC2)cc1. The maximum Gasteiger partial charge on any atom is 0.295 e. The number of carbonyl (C=O) groups excluding carboxylic acids is 1. The highest BCUT2D eigenvalue weighted by atomic mass is 32.2. The third-order valence-corrected chi connectivity index (χ3v) is 8.20. The Hall–Kier alpha value is -3.41. The van der Waals surface area contributed by atoms with Crippen LogP contribution in [0, 0.1) is 6.92 Å². The van der Waals surface area contributed by atoms with Gasteiger partial charge < -0.3 is 10.1 Å². The molecule has 0 bridgehead atoms. The van der Waals surface area contributed by atoms with Crippen molar-refractivity contribution in [1.82, 2.24) is 18.6 Å². The first-order chi connectivity index (χ1) is 17.2. The molecule has 1 fully saturated rings. The predicted molar refractivity (Wildman–Crippen MR) is 137 cm³/mol. The van der Waals surface area contributed by atoms with Crippen molar-refractivity contribution in [1.29, 1.82) is 0 Å². The summed E-state index contributed by atoms with van der Waals surface area (Å²) in [5.41, 5.74) is 1.28. The van der Waals surface area contributed by atoms with Crippen molar-refractivity contribution in [2.24, 2.45) is 7.05 Å². The summed E-state index contributed by atoms with van der Waals surface area (Å²) in [5, 5.41) is 2.76. The molecule has 3 aromatic rings. The van der Waals surface area contributed by atoms with Crippen LogP contribution in [0.15, 0.2) is 64.3 Å². The van der Waals surface area contributed by atoms with E-state index in [-0.39, 0.29) is 41.7 Å². The number of aromatic nitrogens is 2. The van der Waals surface area contributed by atoms with Crippen molar-refractivity contribution < 1.29 is 17.9 Å². The topological polar surface area (TPSA) is 106 Å². The molecule has 0 unspecified atom stereocenters. The monoisotopic (exact) mass is 513 g/mol. The zero-order valence-corrected chi connectivity index (χ0v) is 21.5. The van der Waals surface area contributed by atoms with Crippen LogP contribution in [0.25, 0.3) is 5.69 Å². The molecule has 0 atom stereocenters. The summed E-state index contributed by atoms with van der Waals surface area (Å²) < 4.78 is 36.0. The molecule has 11 heteroatoms. The van der Waals surface area contributed by atoms with Gasteiger partial charge in [0.25, 0.3) is 5.56 Å². The minimum atomic E-state index is -3.63. The van der Waals surface area contributed by atoms with Crippen LogP contribution in [0.4, 0.5) is 5.69 Å². The standard InChI is InChI=1S/C25H31N5O5S/c1-4-35-21-10-12-22(13-11-21)36(33,34)29-16-14-28(15-17-29)18-23(31)26-24-19(2)27(3)30(25(24)32)20-8-6-5-7-9-20/h5-13H,4,14-18H2,1-3H3,(H,26,31). The number of rotatable bonds is 8. The summed E-state index contributed by atoms with van der Waals surface area (Å²) >= 11 is 0. The number of benzene rings is 2. The number of para-hydroxylation sites is 1. The zero-order chi connectivity index (χ0) is 25.9.